The predicted molar refractivity (Wildman–Crippen MR) is 91.7 cm³/mol. The molecule has 1 saturated heterocycles. The molecule has 4 heterocycles. The zero-order valence-electron chi connectivity index (χ0n) is 13.6. The monoisotopic (exact) mass is 320 g/mol. The van der Waals surface area contributed by atoms with Gasteiger partial charge in [0.1, 0.15) is 5.65 Å². The Morgan fingerprint density at radius 2 is 2.00 bits per heavy atom. The number of rotatable bonds is 4. The highest BCUT2D eigenvalue weighted by atomic mass is 16.5. The van der Waals surface area contributed by atoms with Gasteiger partial charge in [0.05, 0.1) is 12.6 Å². The molecular weight excluding hydrogens is 300 g/mol. The Kier molecular flexibility index (Phi) is 3.33. The van der Waals surface area contributed by atoms with Crippen molar-refractivity contribution in [2.75, 3.05) is 6.61 Å². The van der Waals surface area contributed by atoms with Crippen molar-refractivity contribution in [3.05, 3.63) is 42.5 Å². The summed E-state index contributed by atoms with van der Waals surface area (Å²) in [6.45, 7) is 1.71. The predicted octanol–water partition coefficient (Wildman–Crippen LogP) is 3.55. The van der Waals surface area contributed by atoms with Crippen LogP contribution in [0, 0.1) is 0 Å². The van der Waals surface area contributed by atoms with Crippen LogP contribution in [0.3, 0.4) is 0 Å². The Hall–Kier alpha value is -2.27. The SMILES string of the molecule is c1cnc2c(c1)c(-c1ncc(C3CC3)cn1)cn2CC1CCCO1. The van der Waals surface area contributed by atoms with Crippen LogP contribution >= 0.6 is 0 Å². The second-order valence-corrected chi connectivity index (χ2v) is 6.82. The van der Waals surface area contributed by atoms with Gasteiger partial charge in [-0.15, -0.1) is 0 Å². The van der Waals surface area contributed by atoms with Gasteiger partial charge in [-0.3, -0.25) is 0 Å². The summed E-state index contributed by atoms with van der Waals surface area (Å²) in [6.07, 6.45) is 13.0. The molecule has 1 unspecified atom stereocenters. The minimum Gasteiger partial charge on any atom is -0.376 e. The van der Waals surface area contributed by atoms with Crippen LogP contribution in [0.1, 0.15) is 37.2 Å². The van der Waals surface area contributed by atoms with E-state index in [2.05, 4.69) is 31.8 Å². The quantitative estimate of drug-likeness (QED) is 0.738. The molecule has 0 radical (unpaired) electrons. The standard InChI is InChI=1S/C19H20N4O/c1-4-16-17(18-21-9-14(10-22-18)13-5-6-13)12-23(19(16)20-7-1)11-15-3-2-8-24-15/h1,4,7,9-10,12-13,15H,2-3,5-6,8,11H2. The first-order chi connectivity index (χ1) is 11.9. The summed E-state index contributed by atoms with van der Waals surface area (Å²) in [5, 5.41) is 1.11. The summed E-state index contributed by atoms with van der Waals surface area (Å²) in [7, 11) is 0. The van der Waals surface area contributed by atoms with Gasteiger partial charge in [0.2, 0.25) is 0 Å². The molecule has 0 bridgehead atoms. The molecule has 5 rings (SSSR count). The lowest BCUT2D eigenvalue weighted by molar-refractivity contribution is 0.0979. The van der Waals surface area contributed by atoms with Crippen LogP contribution in [0.15, 0.2) is 36.9 Å². The highest BCUT2D eigenvalue weighted by molar-refractivity contribution is 5.92. The van der Waals surface area contributed by atoms with Gasteiger partial charge in [-0.1, -0.05) is 0 Å². The van der Waals surface area contributed by atoms with E-state index in [1.807, 2.05) is 24.7 Å². The van der Waals surface area contributed by atoms with Gasteiger partial charge < -0.3 is 9.30 Å². The molecule has 24 heavy (non-hydrogen) atoms. The fourth-order valence-electron chi connectivity index (χ4n) is 3.55. The molecular formula is C19H20N4O. The molecule has 1 saturated carbocycles. The molecule has 5 nitrogen and oxygen atoms in total. The first kappa shape index (κ1) is 14.1. The van der Waals surface area contributed by atoms with Crippen molar-refractivity contribution in [1.82, 2.24) is 19.5 Å². The Morgan fingerprint density at radius 3 is 2.75 bits per heavy atom. The fourth-order valence-corrected chi connectivity index (χ4v) is 3.55. The van der Waals surface area contributed by atoms with Crippen LogP contribution in [0.2, 0.25) is 0 Å². The molecule has 5 heteroatoms. The van der Waals surface area contributed by atoms with Crippen molar-refractivity contribution < 1.29 is 4.74 Å². The van der Waals surface area contributed by atoms with Crippen molar-refractivity contribution in [1.29, 1.82) is 0 Å². The van der Waals surface area contributed by atoms with Crippen LogP contribution < -0.4 is 0 Å². The van der Waals surface area contributed by atoms with Crippen molar-refractivity contribution in [2.45, 2.75) is 44.2 Å². The molecule has 0 N–H and O–H groups in total. The third kappa shape index (κ3) is 2.49. The Balaban J connectivity index is 1.54. The highest BCUT2D eigenvalue weighted by Gasteiger charge is 2.24. The molecule has 3 aromatic rings. The molecule has 2 aliphatic rings. The second kappa shape index (κ2) is 5.67. The van der Waals surface area contributed by atoms with E-state index in [9.17, 15) is 0 Å². The van der Waals surface area contributed by atoms with Crippen LogP contribution in [0.4, 0.5) is 0 Å². The molecule has 3 aromatic heterocycles. The summed E-state index contributed by atoms with van der Waals surface area (Å²) >= 11 is 0. The van der Waals surface area contributed by atoms with E-state index in [-0.39, 0.29) is 6.10 Å². The topological polar surface area (TPSA) is 52.8 Å². The maximum atomic E-state index is 5.79. The molecule has 2 fully saturated rings. The summed E-state index contributed by atoms with van der Waals surface area (Å²) in [5.41, 5.74) is 3.30. The highest BCUT2D eigenvalue weighted by Crippen LogP contribution is 2.39. The van der Waals surface area contributed by atoms with Crippen molar-refractivity contribution in [3.8, 4) is 11.4 Å². The van der Waals surface area contributed by atoms with E-state index in [1.54, 1.807) is 0 Å². The van der Waals surface area contributed by atoms with Crippen LogP contribution in [-0.2, 0) is 11.3 Å². The van der Waals surface area contributed by atoms with Gasteiger partial charge >= 0.3 is 0 Å². The lowest BCUT2D eigenvalue weighted by atomic mass is 10.2. The zero-order chi connectivity index (χ0) is 15.9. The minimum atomic E-state index is 0.286. The van der Waals surface area contributed by atoms with Crippen LogP contribution in [0.25, 0.3) is 22.4 Å². The maximum Gasteiger partial charge on any atom is 0.161 e. The lowest BCUT2D eigenvalue weighted by Crippen LogP contribution is -2.14. The molecule has 1 aliphatic heterocycles. The van der Waals surface area contributed by atoms with Crippen LogP contribution in [-0.4, -0.2) is 32.2 Å². The Labute approximate surface area is 140 Å². The number of ether oxygens (including phenoxy) is 1. The third-order valence-corrected chi connectivity index (χ3v) is 5.02. The molecule has 122 valence electrons. The average molecular weight is 320 g/mol. The van der Waals surface area contributed by atoms with E-state index in [0.717, 1.165) is 48.4 Å². The Morgan fingerprint density at radius 1 is 1.12 bits per heavy atom. The number of fused-ring (bicyclic) bond motifs is 1. The van der Waals surface area contributed by atoms with E-state index in [4.69, 9.17) is 4.74 Å². The number of hydrogen-bond donors (Lipinski definition) is 0. The van der Waals surface area contributed by atoms with Gasteiger partial charge in [0, 0.05) is 42.3 Å². The molecule has 1 aliphatic carbocycles. The van der Waals surface area contributed by atoms with Gasteiger partial charge in [-0.2, -0.15) is 0 Å². The third-order valence-electron chi connectivity index (χ3n) is 5.02. The van der Waals surface area contributed by atoms with Gasteiger partial charge in [-0.25, -0.2) is 15.0 Å². The second-order valence-electron chi connectivity index (χ2n) is 6.82. The lowest BCUT2D eigenvalue weighted by Gasteiger charge is -2.10. The van der Waals surface area contributed by atoms with E-state index >= 15 is 0 Å². The van der Waals surface area contributed by atoms with Gasteiger partial charge in [-0.05, 0) is 49.3 Å². The van der Waals surface area contributed by atoms with E-state index in [0.29, 0.717) is 5.92 Å². The Bertz CT molecular complexity index is 861. The van der Waals surface area contributed by atoms with Crippen molar-refractivity contribution in [2.24, 2.45) is 0 Å². The van der Waals surface area contributed by atoms with Crippen molar-refractivity contribution >= 4 is 11.0 Å². The molecule has 0 aromatic carbocycles. The molecule has 0 spiro atoms. The van der Waals surface area contributed by atoms with E-state index < -0.39 is 0 Å². The smallest absolute Gasteiger partial charge is 0.161 e. The zero-order valence-corrected chi connectivity index (χ0v) is 13.6. The largest absolute Gasteiger partial charge is 0.376 e. The normalized spacial score (nSPS) is 20.8. The van der Waals surface area contributed by atoms with Crippen molar-refractivity contribution in [3.63, 3.8) is 0 Å². The first-order valence-corrected chi connectivity index (χ1v) is 8.76. The van der Waals surface area contributed by atoms with Gasteiger partial charge in [0.15, 0.2) is 5.82 Å². The number of aromatic nitrogens is 4. The maximum absolute atomic E-state index is 5.79. The summed E-state index contributed by atoms with van der Waals surface area (Å²) in [5.74, 6) is 1.46. The minimum absolute atomic E-state index is 0.286. The first-order valence-electron chi connectivity index (χ1n) is 8.76. The fraction of sp³-hybridized carbons (Fsp3) is 0.421. The molecule has 1 atom stereocenters. The summed E-state index contributed by atoms with van der Waals surface area (Å²) in [4.78, 5) is 13.8. The van der Waals surface area contributed by atoms with E-state index in [1.165, 1.54) is 18.4 Å². The number of hydrogen-bond acceptors (Lipinski definition) is 4. The number of nitrogens with zero attached hydrogens (tertiary/aromatic N) is 4. The summed E-state index contributed by atoms with van der Waals surface area (Å²) in [6, 6.07) is 4.07. The average Bonchev–Trinajstić information content (AvgIpc) is 3.24. The van der Waals surface area contributed by atoms with Crippen LogP contribution in [0.5, 0.6) is 0 Å². The summed E-state index contributed by atoms with van der Waals surface area (Å²) < 4.78 is 7.98. The number of pyridine rings is 1. The van der Waals surface area contributed by atoms with Gasteiger partial charge in [0.25, 0.3) is 0 Å². The molecule has 0 amide bonds.